The number of rotatable bonds is 2. The van der Waals surface area contributed by atoms with Crippen molar-refractivity contribution in [2.24, 2.45) is 0 Å². The van der Waals surface area contributed by atoms with Crippen LogP contribution in [0.25, 0.3) is 11.3 Å². The average molecular weight is 298 g/mol. The molecule has 1 saturated carbocycles. The molecule has 0 saturated heterocycles. The van der Waals surface area contributed by atoms with Crippen LogP contribution >= 0.6 is 0 Å². The van der Waals surface area contributed by atoms with E-state index in [1.165, 1.54) is 12.8 Å². The number of nitrogens with zero attached hydrogens (tertiary/aromatic N) is 3. The lowest BCUT2D eigenvalue weighted by molar-refractivity contribution is 0.192. The topological polar surface area (TPSA) is 64.2 Å². The number of imidazole rings is 1. The first-order valence-corrected chi connectivity index (χ1v) is 7.74. The van der Waals surface area contributed by atoms with E-state index >= 15 is 0 Å². The molecular weight excluding hydrogens is 276 g/mol. The Bertz CT molecular complexity index is 686. The van der Waals surface area contributed by atoms with Crippen molar-refractivity contribution in [1.82, 2.24) is 14.5 Å². The minimum atomic E-state index is -0.0225. The molecule has 2 aromatic rings. The van der Waals surface area contributed by atoms with Crippen LogP contribution in [0.1, 0.15) is 31.2 Å². The third-order valence-corrected chi connectivity index (χ3v) is 4.55. The van der Waals surface area contributed by atoms with Gasteiger partial charge in [0.2, 0.25) is 0 Å². The molecule has 0 unspecified atom stereocenters. The first kappa shape index (κ1) is 14.6. The maximum absolute atomic E-state index is 12.5. The molecule has 0 atom stereocenters. The van der Waals surface area contributed by atoms with Crippen LogP contribution in [0.15, 0.2) is 30.7 Å². The summed E-state index contributed by atoms with van der Waals surface area (Å²) in [5.41, 5.74) is 9.42. The van der Waals surface area contributed by atoms with Gasteiger partial charge in [0.25, 0.3) is 0 Å². The zero-order valence-corrected chi connectivity index (χ0v) is 13.1. The fourth-order valence-electron chi connectivity index (χ4n) is 3.01. The Morgan fingerprint density at radius 1 is 1.36 bits per heavy atom. The molecular formula is C17H22N4O. The van der Waals surface area contributed by atoms with Crippen molar-refractivity contribution in [3.05, 3.63) is 36.3 Å². The molecule has 1 amide bonds. The monoisotopic (exact) mass is 298 g/mol. The third-order valence-electron chi connectivity index (χ3n) is 4.55. The van der Waals surface area contributed by atoms with Gasteiger partial charge in [0, 0.05) is 30.5 Å². The van der Waals surface area contributed by atoms with Crippen molar-refractivity contribution in [3.8, 4) is 11.3 Å². The van der Waals surface area contributed by atoms with E-state index in [1.54, 1.807) is 17.1 Å². The molecule has 2 N–H and O–H groups in total. The number of aromatic nitrogens is 2. The predicted molar refractivity (Wildman–Crippen MR) is 87.6 cm³/mol. The predicted octanol–water partition coefficient (Wildman–Crippen LogP) is 3.28. The largest absolute Gasteiger partial charge is 0.398 e. The van der Waals surface area contributed by atoms with Gasteiger partial charge in [-0.05, 0) is 31.4 Å². The minimum Gasteiger partial charge on any atom is -0.398 e. The van der Waals surface area contributed by atoms with E-state index in [0.717, 1.165) is 35.3 Å². The molecule has 5 heteroatoms. The van der Waals surface area contributed by atoms with Gasteiger partial charge in [-0.1, -0.05) is 25.0 Å². The molecule has 1 aliphatic carbocycles. The summed E-state index contributed by atoms with van der Waals surface area (Å²) < 4.78 is 1.56. The molecule has 1 aromatic carbocycles. The Hall–Kier alpha value is -2.30. The second kappa shape index (κ2) is 5.83. The van der Waals surface area contributed by atoms with E-state index < -0.39 is 0 Å². The summed E-state index contributed by atoms with van der Waals surface area (Å²) in [5.74, 6) is 0. The molecule has 1 aromatic heterocycles. The van der Waals surface area contributed by atoms with Gasteiger partial charge in [-0.2, -0.15) is 0 Å². The van der Waals surface area contributed by atoms with Gasteiger partial charge in [-0.25, -0.2) is 9.78 Å². The van der Waals surface area contributed by atoms with Gasteiger partial charge < -0.3 is 10.6 Å². The lowest BCUT2D eigenvalue weighted by Gasteiger charge is -2.23. The number of amides is 1. The Morgan fingerprint density at radius 2 is 2.09 bits per heavy atom. The molecule has 1 fully saturated rings. The third kappa shape index (κ3) is 2.71. The fraction of sp³-hybridized carbons (Fsp3) is 0.412. The Labute approximate surface area is 130 Å². The molecule has 0 spiro atoms. The van der Waals surface area contributed by atoms with E-state index in [9.17, 15) is 4.79 Å². The summed E-state index contributed by atoms with van der Waals surface area (Å²) in [5, 5.41) is 0. The highest BCUT2D eigenvalue weighted by atomic mass is 16.2. The quantitative estimate of drug-likeness (QED) is 0.865. The van der Waals surface area contributed by atoms with Gasteiger partial charge in [-0.3, -0.25) is 4.57 Å². The number of hydrogen-bond donors (Lipinski definition) is 1. The van der Waals surface area contributed by atoms with Crippen LogP contribution in [0.4, 0.5) is 10.5 Å². The van der Waals surface area contributed by atoms with Crippen molar-refractivity contribution < 1.29 is 4.79 Å². The Morgan fingerprint density at radius 3 is 2.77 bits per heavy atom. The number of anilines is 1. The zero-order valence-electron chi connectivity index (χ0n) is 13.1. The number of carbonyl (C=O) groups excluding carboxylic acids is 1. The van der Waals surface area contributed by atoms with E-state index in [0.29, 0.717) is 6.04 Å². The molecule has 116 valence electrons. The van der Waals surface area contributed by atoms with Gasteiger partial charge >= 0.3 is 6.03 Å². The zero-order chi connectivity index (χ0) is 15.7. The standard InChI is InChI=1S/C17H22N4O/c1-12-7-8-13(9-15(12)18)16-10-21(11-19-16)17(22)20(2)14-5-3-4-6-14/h7-11,14H,3-6,18H2,1-2H3. The number of nitrogen functional groups attached to an aromatic ring is 1. The molecule has 0 bridgehead atoms. The molecule has 1 aliphatic rings. The summed E-state index contributed by atoms with van der Waals surface area (Å²) >= 11 is 0. The fourth-order valence-corrected chi connectivity index (χ4v) is 3.01. The van der Waals surface area contributed by atoms with E-state index in [-0.39, 0.29) is 6.03 Å². The molecule has 3 rings (SSSR count). The number of hydrogen-bond acceptors (Lipinski definition) is 3. The summed E-state index contributed by atoms with van der Waals surface area (Å²) in [7, 11) is 1.88. The molecule has 1 heterocycles. The maximum Gasteiger partial charge on any atom is 0.329 e. The summed E-state index contributed by atoms with van der Waals surface area (Å²) in [6, 6.07) is 6.17. The van der Waals surface area contributed by atoms with Crippen LogP contribution in [-0.2, 0) is 0 Å². The molecule has 5 nitrogen and oxygen atoms in total. The first-order chi connectivity index (χ1) is 10.6. The van der Waals surface area contributed by atoms with Crippen molar-refractivity contribution in [2.75, 3.05) is 12.8 Å². The van der Waals surface area contributed by atoms with Crippen LogP contribution in [-0.4, -0.2) is 33.6 Å². The summed E-state index contributed by atoms with van der Waals surface area (Å²) in [6.45, 7) is 1.97. The number of carbonyl (C=O) groups is 1. The number of benzene rings is 1. The normalized spacial score (nSPS) is 15.2. The Kier molecular flexibility index (Phi) is 3.88. The van der Waals surface area contributed by atoms with E-state index in [2.05, 4.69) is 4.98 Å². The van der Waals surface area contributed by atoms with Crippen LogP contribution in [0.2, 0.25) is 0 Å². The van der Waals surface area contributed by atoms with E-state index in [4.69, 9.17) is 5.73 Å². The summed E-state index contributed by atoms with van der Waals surface area (Å²) in [4.78, 5) is 18.7. The SMILES string of the molecule is Cc1ccc(-c2cn(C(=O)N(C)C3CCCC3)cn2)cc1N. The Balaban J connectivity index is 1.80. The average Bonchev–Trinajstić information content (AvgIpc) is 3.19. The molecule has 22 heavy (non-hydrogen) atoms. The highest BCUT2D eigenvalue weighted by molar-refractivity contribution is 5.78. The second-order valence-corrected chi connectivity index (χ2v) is 6.07. The molecule has 0 radical (unpaired) electrons. The van der Waals surface area contributed by atoms with Gasteiger partial charge in [-0.15, -0.1) is 0 Å². The summed E-state index contributed by atoms with van der Waals surface area (Å²) in [6.07, 6.45) is 7.97. The smallest absolute Gasteiger partial charge is 0.329 e. The first-order valence-electron chi connectivity index (χ1n) is 7.74. The van der Waals surface area contributed by atoms with Crippen LogP contribution in [0, 0.1) is 6.92 Å². The number of aryl methyl sites for hydroxylation is 1. The van der Waals surface area contributed by atoms with Crippen LogP contribution < -0.4 is 5.73 Å². The van der Waals surface area contributed by atoms with Crippen LogP contribution in [0.5, 0.6) is 0 Å². The highest BCUT2D eigenvalue weighted by Gasteiger charge is 2.24. The van der Waals surface area contributed by atoms with Crippen molar-refractivity contribution in [1.29, 1.82) is 0 Å². The second-order valence-electron chi connectivity index (χ2n) is 6.07. The highest BCUT2D eigenvalue weighted by Crippen LogP contribution is 2.24. The molecule has 0 aliphatic heterocycles. The van der Waals surface area contributed by atoms with E-state index in [1.807, 2.05) is 37.1 Å². The lowest BCUT2D eigenvalue weighted by atomic mass is 10.1. The van der Waals surface area contributed by atoms with Gasteiger partial charge in [0.1, 0.15) is 6.33 Å². The minimum absolute atomic E-state index is 0.0225. The van der Waals surface area contributed by atoms with Crippen LogP contribution in [0.3, 0.4) is 0 Å². The van der Waals surface area contributed by atoms with Gasteiger partial charge in [0.05, 0.1) is 5.69 Å². The maximum atomic E-state index is 12.5. The van der Waals surface area contributed by atoms with Crippen molar-refractivity contribution in [2.45, 2.75) is 38.6 Å². The van der Waals surface area contributed by atoms with Crippen molar-refractivity contribution in [3.63, 3.8) is 0 Å². The number of nitrogens with two attached hydrogens (primary N) is 1. The van der Waals surface area contributed by atoms with Crippen molar-refractivity contribution >= 4 is 11.7 Å². The lowest BCUT2D eigenvalue weighted by Crippen LogP contribution is -2.37. The van der Waals surface area contributed by atoms with Gasteiger partial charge in [0.15, 0.2) is 0 Å².